The van der Waals surface area contributed by atoms with Crippen LogP contribution >= 0.6 is 22.9 Å². The van der Waals surface area contributed by atoms with Crippen LogP contribution in [-0.4, -0.2) is 11.6 Å². The largest absolute Gasteiger partial charge is 0.328 e. The summed E-state index contributed by atoms with van der Waals surface area (Å²) in [5, 5.41) is 0. The first kappa shape index (κ1) is 12.8. The molecule has 0 saturated carbocycles. The van der Waals surface area contributed by atoms with Crippen molar-refractivity contribution >= 4 is 40.1 Å². The minimum atomic E-state index is -0.200. The van der Waals surface area contributed by atoms with Crippen LogP contribution in [0.2, 0.25) is 0 Å². The summed E-state index contributed by atoms with van der Waals surface area (Å²) in [6, 6.07) is 5.15. The molecule has 0 fully saturated rings. The molecule has 0 heterocycles. The van der Waals surface area contributed by atoms with Gasteiger partial charge in [-0.2, -0.15) is 0 Å². The van der Waals surface area contributed by atoms with Crippen LogP contribution in [0.4, 0.5) is 5.69 Å². The minimum absolute atomic E-state index is 0.192. The van der Waals surface area contributed by atoms with Crippen LogP contribution in [0.25, 0.3) is 0 Å². The molecule has 0 bridgehead atoms. The van der Waals surface area contributed by atoms with Crippen molar-refractivity contribution in [3.05, 3.63) is 65.8 Å². The monoisotopic (exact) mass is 351 g/mol. The second kappa shape index (κ2) is 4.89. The fraction of sp³-hybridized carbons (Fsp3) is 0. The van der Waals surface area contributed by atoms with E-state index in [2.05, 4.69) is 16.7 Å². The molecule has 1 aliphatic rings. The van der Waals surface area contributed by atoms with Crippen LogP contribution in [0.1, 0.15) is 20.7 Å². The summed E-state index contributed by atoms with van der Waals surface area (Å²) in [6.07, 6.45) is 2.81. The van der Waals surface area contributed by atoms with E-state index in [9.17, 15) is 9.59 Å². The third-order valence-electron chi connectivity index (χ3n) is 2.83. The predicted molar refractivity (Wildman–Crippen MR) is 80.2 cm³/mol. The number of allylic oxidation sites excluding steroid dienone is 4. The van der Waals surface area contributed by atoms with Gasteiger partial charge in [0.15, 0.2) is 11.6 Å². The van der Waals surface area contributed by atoms with E-state index in [-0.39, 0.29) is 11.6 Å². The Morgan fingerprint density at radius 3 is 2.22 bits per heavy atom. The molecule has 0 saturated heterocycles. The van der Waals surface area contributed by atoms with E-state index in [1.807, 2.05) is 22.9 Å². The lowest BCUT2D eigenvalue weighted by atomic mass is 9.83. The lowest BCUT2D eigenvalue weighted by molar-refractivity contribution is 0.0981. The highest BCUT2D eigenvalue weighted by Crippen LogP contribution is 2.32. The number of hydrogen-bond donors (Lipinski definition) is 1. The maximum Gasteiger partial charge on any atom is 0.196 e. The van der Waals surface area contributed by atoms with Gasteiger partial charge < -0.3 is 3.53 Å². The fourth-order valence-electron chi connectivity index (χ4n) is 1.99. The van der Waals surface area contributed by atoms with Gasteiger partial charge in [0.2, 0.25) is 0 Å². The number of rotatable bonds is 3. The third-order valence-corrected chi connectivity index (χ3v) is 3.41. The zero-order chi connectivity index (χ0) is 13.3. The number of carbonyl (C=O) groups is 2. The van der Waals surface area contributed by atoms with E-state index in [0.29, 0.717) is 28.0 Å². The van der Waals surface area contributed by atoms with E-state index >= 15 is 0 Å². The van der Waals surface area contributed by atoms with Crippen molar-refractivity contribution in [1.29, 1.82) is 0 Å². The quantitative estimate of drug-likeness (QED) is 0.670. The number of Topliss-reactive ketones (excluding diaryl/α,β-unsaturated/α-hetero) is 2. The summed E-state index contributed by atoms with van der Waals surface area (Å²) in [4.78, 5) is 24.6. The summed E-state index contributed by atoms with van der Waals surface area (Å²) < 4.78 is 2.90. The fourth-order valence-corrected chi connectivity index (χ4v) is 2.44. The number of halogens is 1. The van der Waals surface area contributed by atoms with Crippen molar-refractivity contribution in [2.45, 2.75) is 0 Å². The molecule has 0 amide bonds. The van der Waals surface area contributed by atoms with Gasteiger partial charge in [0.05, 0.1) is 34.1 Å². The highest BCUT2D eigenvalue weighted by atomic mass is 127. The van der Waals surface area contributed by atoms with E-state index in [1.165, 1.54) is 12.2 Å². The second-order valence-corrected chi connectivity index (χ2v) is 4.26. The van der Waals surface area contributed by atoms with Gasteiger partial charge >= 0.3 is 0 Å². The van der Waals surface area contributed by atoms with Crippen LogP contribution in [-0.2, 0) is 0 Å². The molecule has 1 aromatic carbocycles. The second-order valence-electron chi connectivity index (χ2n) is 3.72. The summed E-state index contributed by atoms with van der Waals surface area (Å²) in [5.74, 6) is -0.391. The summed E-state index contributed by atoms with van der Waals surface area (Å²) >= 11 is 1.93. The van der Waals surface area contributed by atoms with Crippen molar-refractivity contribution in [2.24, 2.45) is 0 Å². The zero-order valence-electron chi connectivity index (χ0n) is 9.50. The van der Waals surface area contributed by atoms with Crippen LogP contribution in [0.3, 0.4) is 0 Å². The molecule has 0 spiro atoms. The van der Waals surface area contributed by atoms with Crippen LogP contribution in [0.5, 0.6) is 0 Å². The van der Waals surface area contributed by atoms with Crippen molar-refractivity contribution in [3.8, 4) is 0 Å². The first-order chi connectivity index (χ1) is 8.65. The molecule has 0 aliphatic heterocycles. The van der Waals surface area contributed by atoms with E-state index in [0.717, 1.165) is 0 Å². The first-order valence-corrected chi connectivity index (χ1v) is 6.31. The Balaban J connectivity index is 2.80. The third kappa shape index (κ3) is 1.73. The molecule has 0 aromatic heterocycles. The number of carbonyl (C=O) groups excluding carboxylic acids is 2. The Bertz CT molecular complexity index is 614. The summed E-state index contributed by atoms with van der Waals surface area (Å²) in [6.45, 7) is 7.18. The lowest BCUT2D eigenvalue weighted by Gasteiger charge is -2.19. The highest BCUT2D eigenvalue weighted by molar-refractivity contribution is 14.1. The Morgan fingerprint density at radius 2 is 1.67 bits per heavy atom. The maximum atomic E-state index is 12.4. The van der Waals surface area contributed by atoms with E-state index in [1.54, 1.807) is 18.2 Å². The smallest absolute Gasteiger partial charge is 0.196 e. The molecular weight excluding hydrogens is 341 g/mol. The molecule has 3 nitrogen and oxygen atoms in total. The van der Waals surface area contributed by atoms with Gasteiger partial charge in [0.25, 0.3) is 0 Å². The van der Waals surface area contributed by atoms with E-state index < -0.39 is 0 Å². The molecule has 0 radical (unpaired) electrons. The SMILES string of the molecule is C=CC1=C(C=C)C(=O)c2c(NI)cccc2C1=O. The Labute approximate surface area is 119 Å². The standard InChI is InChI=1S/C14H10INO2/c1-3-8-9(4-2)14(18)12-10(13(8)17)6-5-7-11(12)16-15/h3-7,16H,1-2H2. The molecular formula is C14H10INO2. The van der Waals surface area contributed by atoms with Gasteiger partial charge in [-0.15, -0.1) is 0 Å². The van der Waals surface area contributed by atoms with Gasteiger partial charge in [-0.3, -0.25) is 9.59 Å². The maximum absolute atomic E-state index is 12.4. The zero-order valence-corrected chi connectivity index (χ0v) is 11.7. The molecule has 4 heteroatoms. The molecule has 18 heavy (non-hydrogen) atoms. The number of hydrogen-bond acceptors (Lipinski definition) is 3. The van der Waals surface area contributed by atoms with Gasteiger partial charge in [-0.05, 0) is 6.07 Å². The highest BCUT2D eigenvalue weighted by Gasteiger charge is 2.31. The average molecular weight is 351 g/mol. The number of ketones is 2. The van der Waals surface area contributed by atoms with Gasteiger partial charge in [-0.25, -0.2) is 0 Å². The van der Waals surface area contributed by atoms with Crippen molar-refractivity contribution in [1.82, 2.24) is 0 Å². The van der Waals surface area contributed by atoms with Gasteiger partial charge in [-0.1, -0.05) is 37.4 Å². The van der Waals surface area contributed by atoms with Gasteiger partial charge in [0.1, 0.15) is 0 Å². The Kier molecular flexibility index (Phi) is 3.47. The molecule has 90 valence electrons. The molecule has 1 aliphatic carbocycles. The Morgan fingerprint density at radius 1 is 1.06 bits per heavy atom. The number of nitrogens with one attached hydrogen (secondary N) is 1. The van der Waals surface area contributed by atoms with Gasteiger partial charge in [0, 0.05) is 16.7 Å². The predicted octanol–water partition coefficient (Wildman–Crippen LogP) is 3.50. The average Bonchev–Trinajstić information content (AvgIpc) is 2.41. The van der Waals surface area contributed by atoms with Crippen LogP contribution in [0, 0.1) is 0 Å². The summed E-state index contributed by atoms with van der Waals surface area (Å²) in [7, 11) is 0. The molecule has 0 atom stereocenters. The minimum Gasteiger partial charge on any atom is -0.328 e. The lowest BCUT2D eigenvalue weighted by Crippen LogP contribution is -2.21. The molecule has 1 N–H and O–H groups in total. The number of anilines is 1. The summed E-state index contributed by atoms with van der Waals surface area (Å²) in [5.41, 5.74) is 2.06. The van der Waals surface area contributed by atoms with E-state index in [4.69, 9.17) is 0 Å². The number of benzene rings is 1. The van der Waals surface area contributed by atoms with Crippen molar-refractivity contribution in [2.75, 3.05) is 3.53 Å². The first-order valence-electron chi connectivity index (χ1n) is 5.24. The molecule has 0 unspecified atom stereocenters. The number of fused-ring (bicyclic) bond motifs is 1. The van der Waals surface area contributed by atoms with Crippen LogP contribution < -0.4 is 3.53 Å². The Hall–Kier alpha value is -1.69. The topological polar surface area (TPSA) is 46.2 Å². The van der Waals surface area contributed by atoms with Crippen molar-refractivity contribution in [3.63, 3.8) is 0 Å². The van der Waals surface area contributed by atoms with Crippen LogP contribution in [0.15, 0.2) is 54.7 Å². The molecule has 1 aromatic rings. The normalized spacial score (nSPS) is 14.3. The van der Waals surface area contributed by atoms with Crippen molar-refractivity contribution < 1.29 is 9.59 Å². The molecule has 2 rings (SSSR count).